The van der Waals surface area contributed by atoms with Crippen LogP contribution in [0.15, 0.2) is 64.3 Å². The van der Waals surface area contributed by atoms with Gasteiger partial charge in [-0.3, -0.25) is 19.1 Å². The van der Waals surface area contributed by atoms with E-state index in [0.29, 0.717) is 13.0 Å². The number of fused-ring (bicyclic) bond motifs is 2. The van der Waals surface area contributed by atoms with Crippen LogP contribution in [0.25, 0.3) is 21.8 Å². The molecule has 1 atom stereocenters. The van der Waals surface area contributed by atoms with Gasteiger partial charge in [0.15, 0.2) is 0 Å². The molecule has 0 fully saturated rings. The van der Waals surface area contributed by atoms with Gasteiger partial charge in [0, 0.05) is 12.7 Å². The van der Waals surface area contributed by atoms with Crippen molar-refractivity contribution in [3.63, 3.8) is 0 Å². The number of carbonyl (C=O) groups is 1. The third-order valence-corrected chi connectivity index (χ3v) is 5.16. The highest BCUT2D eigenvalue weighted by Gasteiger charge is 2.15. The molecule has 0 spiro atoms. The molecule has 7 heteroatoms. The molecule has 1 amide bonds. The molecule has 0 bridgehead atoms. The van der Waals surface area contributed by atoms with Crippen molar-refractivity contribution in [2.24, 2.45) is 0 Å². The molecule has 0 aliphatic carbocycles. The van der Waals surface area contributed by atoms with Crippen LogP contribution in [0.3, 0.4) is 0 Å². The van der Waals surface area contributed by atoms with Gasteiger partial charge in [-0.2, -0.15) is 0 Å². The van der Waals surface area contributed by atoms with Crippen LogP contribution in [-0.4, -0.2) is 20.4 Å². The Morgan fingerprint density at radius 2 is 1.90 bits per heavy atom. The summed E-state index contributed by atoms with van der Waals surface area (Å²) in [7, 11) is 0. The molecule has 7 nitrogen and oxygen atoms in total. The maximum absolute atomic E-state index is 12.8. The number of rotatable bonds is 5. The van der Waals surface area contributed by atoms with Crippen LogP contribution >= 0.6 is 0 Å². The normalized spacial score (nSPS) is 12.2. The monoisotopic (exact) mass is 402 g/mol. The zero-order valence-corrected chi connectivity index (χ0v) is 16.8. The van der Waals surface area contributed by atoms with Crippen molar-refractivity contribution in [2.45, 2.75) is 32.9 Å². The summed E-state index contributed by atoms with van der Waals surface area (Å²) in [5.74, 6) is -0.335. The summed E-state index contributed by atoms with van der Waals surface area (Å²) in [6, 6.07) is 15.3. The van der Waals surface area contributed by atoms with Crippen LogP contribution in [0.5, 0.6) is 0 Å². The van der Waals surface area contributed by atoms with Crippen molar-refractivity contribution in [3.05, 3.63) is 86.7 Å². The number of hydrogen-bond donors (Lipinski definition) is 2. The van der Waals surface area contributed by atoms with Gasteiger partial charge >= 0.3 is 5.69 Å². The molecule has 2 N–H and O–H groups in total. The highest BCUT2D eigenvalue weighted by Crippen LogP contribution is 2.20. The van der Waals surface area contributed by atoms with Gasteiger partial charge in [-0.15, -0.1) is 0 Å². The molecule has 0 saturated heterocycles. The first kappa shape index (κ1) is 19.6. The van der Waals surface area contributed by atoms with Crippen molar-refractivity contribution in [1.82, 2.24) is 19.9 Å². The number of amides is 1. The Hall–Kier alpha value is -3.74. The van der Waals surface area contributed by atoms with Crippen molar-refractivity contribution in [3.8, 4) is 0 Å². The summed E-state index contributed by atoms with van der Waals surface area (Å²) in [6.45, 7) is 4.27. The third-order valence-electron chi connectivity index (χ3n) is 5.16. The predicted octanol–water partition coefficient (Wildman–Crippen LogP) is 3.14. The fraction of sp³-hybridized carbons (Fsp3) is 0.217. The fourth-order valence-corrected chi connectivity index (χ4v) is 3.56. The molecule has 4 aromatic rings. The summed E-state index contributed by atoms with van der Waals surface area (Å²) in [4.78, 5) is 43.6. The van der Waals surface area contributed by atoms with E-state index < -0.39 is 11.2 Å². The van der Waals surface area contributed by atoms with E-state index in [1.807, 2.05) is 56.3 Å². The summed E-state index contributed by atoms with van der Waals surface area (Å²) in [5, 5.41) is 5.41. The molecule has 0 radical (unpaired) electrons. The minimum absolute atomic E-state index is 0.217. The summed E-state index contributed by atoms with van der Waals surface area (Å²) >= 11 is 0. The first-order valence-corrected chi connectivity index (χ1v) is 9.90. The number of pyridine rings is 1. The minimum atomic E-state index is -0.549. The lowest BCUT2D eigenvalue weighted by molar-refractivity contribution is 0.0939. The van der Waals surface area contributed by atoms with Crippen LogP contribution in [-0.2, 0) is 6.54 Å². The number of nitrogens with one attached hydrogen (secondary N) is 2. The Bertz CT molecular complexity index is 1370. The van der Waals surface area contributed by atoms with Crippen LogP contribution in [0, 0.1) is 0 Å². The first-order chi connectivity index (χ1) is 14.5. The molecule has 0 unspecified atom stereocenters. The average molecular weight is 402 g/mol. The Balaban J connectivity index is 1.63. The summed E-state index contributed by atoms with van der Waals surface area (Å²) in [6.07, 6.45) is 2.12. The van der Waals surface area contributed by atoms with Crippen molar-refractivity contribution < 1.29 is 4.79 Å². The Morgan fingerprint density at radius 1 is 1.13 bits per heavy atom. The molecule has 4 rings (SSSR count). The molecule has 2 heterocycles. The Labute approximate surface area is 172 Å². The molecule has 0 aliphatic heterocycles. The van der Waals surface area contributed by atoms with E-state index in [9.17, 15) is 14.4 Å². The highest BCUT2D eigenvalue weighted by atomic mass is 16.2. The summed E-state index contributed by atoms with van der Waals surface area (Å²) in [5.41, 5.74) is 0.480. The van der Waals surface area contributed by atoms with Crippen LogP contribution in [0.2, 0.25) is 0 Å². The van der Waals surface area contributed by atoms with E-state index in [-0.39, 0.29) is 28.5 Å². The number of aryl methyl sites for hydroxylation is 1. The van der Waals surface area contributed by atoms with Crippen LogP contribution in [0.4, 0.5) is 0 Å². The van der Waals surface area contributed by atoms with Crippen molar-refractivity contribution in [1.29, 1.82) is 0 Å². The largest absolute Gasteiger partial charge is 0.345 e. The molecule has 2 aromatic heterocycles. The molecule has 0 saturated carbocycles. The SMILES string of the molecule is CCCn1c(=O)[nH]c(=O)c2cc(C(=O)N[C@H](C)c3ccc4ccccc4c3)cnc21. The van der Waals surface area contributed by atoms with Gasteiger partial charge in [-0.05, 0) is 41.8 Å². The first-order valence-electron chi connectivity index (χ1n) is 9.90. The summed E-state index contributed by atoms with van der Waals surface area (Å²) < 4.78 is 1.41. The van der Waals surface area contributed by atoms with E-state index in [0.717, 1.165) is 16.3 Å². The van der Waals surface area contributed by atoms with Crippen molar-refractivity contribution in [2.75, 3.05) is 0 Å². The quantitative estimate of drug-likeness (QED) is 0.536. The van der Waals surface area contributed by atoms with E-state index in [4.69, 9.17) is 0 Å². The van der Waals surface area contributed by atoms with Gasteiger partial charge in [0.2, 0.25) is 0 Å². The number of aromatic nitrogens is 3. The van der Waals surface area contributed by atoms with Crippen LogP contribution in [0.1, 0.15) is 42.2 Å². The second kappa shape index (κ2) is 7.94. The Kier molecular flexibility index (Phi) is 5.18. The van der Waals surface area contributed by atoms with Gasteiger partial charge in [0.25, 0.3) is 11.5 Å². The van der Waals surface area contributed by atoms with Gasteiger partial charge in [-0.25, -0.2) is 9.78 Å². The second-order valence-electron chi connectivity index (χ2n) is 7.31. The lowest BCUT2D eigenvalue weighted by Crippen LogP contribution is -2.31. The van der Waals surface area contributed by atoms with Crippen LogP contribution < -0.4 is 16.6 Å². The number of nitrogens with zero attached hydrogens (tertiary/aromatic N) is 2. The van der Waals surface area contributed by atoms with E-state index >= 15 is 0 Å². The average Bonchev–Trinajstić information content (AvgIpc) is 2.75. The number of H-pyrrole nitrogens is 1. The van der Waals surface area contributed by atoms with Gasteiger partial charge in [0.05, 0.1) is 17.0 Å². The molecular formula is C23H22N4O3. The van der Waals surface area contributed by atoms with E-state index in [2.05, 4.69) is 15.3 Å². The van der Waals surface area contributed by atoms with Gasteiger partial charge in [0.1, 0.15) is 5.65 Å². The highest BCUT2D eigenvalue weighted by molar-refractivity contribution is 5.97. The lowest BCUT2D eigenvalue weighted by Gasteiger charge is -2.15. The zero-order valence-electron chi connectivity index (χ0n) is 16.8. The maximum Gasteiger partial charge on any atom is 0.329 e. The van der Waals surface area contributed by atoms with Gasteiger partial charge in [-0.1, -0.05) is 43.3 Å². The molecule has 30 heavy (non-hydrogen) atoms. The van der Waals surface area contributed by atoms with Gasteiger partial charge < -0.3 is 5.32 Å². The van der Waals surface area contributed by atoms with E-state index in [1.54, 1.807) is 0 Å². The molecule has 152 valence electrons. The number of carbonyl (C=O) groups excluding carboxylic acids is 1. The number of hydrogen-bond acceptors (Lipinski definition) is 4. The minimum Gasteiger partial charge on any atom is -0.345 e. The second-order valence-corrected chi connectivity index (χ2v) is 7.31. The van der Waals surface area contributed by atoms with Crippen molar-refractivity contribution >= 4 is 27.7 Å². The number of benzene rings is 2. The standard InChI is InChI=1S/C23H22N4O3/c1-3-10-27-20-19(22(29)26-23(27)30)12-18(13-24-20)21(28)25-14(2)16-9-8-15-6-4-5-7-17(15)11-16/h4-9,11-14H,3,10H2,1-2H3,(H,25,28)(H,26,29,30)/t14-/m1/s1. The predicted molar refractivity (Wildman–Crippen MR) is 117 cm³/mol. The Morgan fingerprint density at radius 3 is 2.67 bits per heavy atom. The molecular weight excluding hydrogens is 380 g/mol. The maximum atomic E-state index is 12.8. The number of aromatic amines is 1. The smallest absolute Gasteiger partial charge is 0.329 e. The zero-order chi connectivity index (χ0) is 21.3. The molecule has 0 aliphatic rings. The topological polar surface area (TPSA) is 96.9 Å². The lowest BCUT2D eigenvalue weighted by atomic mass is 10.0. The third kappa shape index (κ3) is 3.61. The fourth-order valence-electron chi connectivity index (χ4n) is 3.56. The van der Waals surface area contributed by atoms with E-state index in [1.165, 1.54) is 16.8 Å². The molecule has 2 aromatic carbocycles.